The van der Waals surface area contributed by atoms with Gasteiger partial charge >= 0.3 is 0 Å². The highest BCUT2D eigenvalue weighted by molar-refractivity contribution is 5.39. The molecule has 0 unspecified atom stereocenters. The lowest BCUT2D eigenvalue weighted by molar-refractivity contribution is 0.491. The first-order chi connectivity index (χ1) is 9.61. The first-order valence-corrected chi connectivity index (χ1v) is 6.48. The van der Waals surface area contributed by atoms with Crippen LogP contribution in [0.25, 0.3) is 5.69 Å². The Morgan fingerprint density at radius 1 is 1.20 bits per heavy atom. The van der Waals surface area contributed by atoms with Gasteiger partial charge in [0.05, 0.1) is 11.9 Å². The Kier molecular flexibility index (Phi) is 3.25. The fourth-order valence-electron chi connectivity index (χ4n) is 2.38. The van der Waals surface area contributed by atoms with Crippen LogP contribution >= 0.6 is 0 Å². The first-order valence-electron chi connectivity index (χ1n) is 6.48. The molecule has 0 amide bonds. The van der Waals surface area contributed by atoms with Crippen LogP contribution in [0.5, 0.6) is 0 Å². The van der Waals surface area contributed by atoms with Gasteiger partial charge in [0, 0.05) is 30.2 Å². The first kappa shape index (κ1) is 13.2. The van der Waals surface area contributed by atoms with Gasteiger partial charge in [0.15, 0.2) is 17.5 Å². The van der Waals surface area contributed by atoms with Gasteiger partial charge < -0.3 is 5.32 Å². The fourth-order valence-corrected chi connectivity index (χ4v) is 2.38. The van der Waals surface area contributed by atoms with Crippen molar-refractivity contribution in [1.82, 2.24) is 15.1 Å². The molecule has 1 aromatic heterocycles. The van der Waals surface area contributed by atoms with Gasteiger partial charge in [0.25, 0.3) is 0 Å². The maximum absolute atomic E-state index is 13.9. The van der Waals surface area contributed by atoms with Crippen molar-refractivity contribution in [2.24, 2.45) is 0 Å². The molecular formula is C14H14F3N3. The van der Waals surface area contributed by atoms with E-state index < -0.39 is 17.5 Å². The van der Waals surface area contributed by atoms with E-state index in [4.69, 9.17) is 0 Å². The van der Waals surface area contributed by atoms with Crippen LogP contribution in [0.2, 0.25) is 0 Å². The molecule has 0 saturated heterocycles. The molecule has 1 saturated carbocycles. The summed E-state index contributed by atoms with van der Waals surface area (Å²) in [5, 5.41) is 7.17. The maximum atomic E-state index is 13.9. The Bertz CT molecular complexity index is 647. The lowest BCUT2D eigenvalue weighted by Crippen LogP contribution is -2.10. The van der Waals surface area contributed by atoms with Crippen molar-refractivity contribution in [3.05, 3.63) is 47.0 Å². The Hall–Kier alpha value is -1.82. The van der Waals surface area contributed by atoms with Crippen molar-refractivity contribution in [2.45, 2.75) is 25.3 Å². The minimum atomic E-state index is -1.19. The van der Waals surface area contributed by atoms with E-state index in [1.165, 1.54) is 4.68 Å². The average Bonchev–Trinajstić information content (AvgIpc) is 3.16. The summed E-state index contributed by atoms with van der Waals surface area (Å²) in [6, 6.07) is 1.41. The summed E-state index contributed by atoms with van der Waals surface area (Å²) in [7, 11) is 1.81. The van der Waals surface area contributed by atoms with Gasteiger partial charge in [-0.15, -0.1) is 0 Å². The smallest absolute Gasteiger partial charge is 0.161 e. The van der Waals surface area contributed by atoms with E-state index in [9.17, 15) is 13.2 Å². The second kappa shape index (κ2) is 4.94. The van der Waals surface area contributed by atoms with Gasteiger partial charge in [-0.25, -0.2) is 17.9 Å². The number of hydrogen-bond donors (Lipinski definition) is 1. The molecule has 20 heavy (non-hydrogen) atoms. The number of nitrogens with zero attached hydrogens (tertiary/aromatic N) is 2. The summed E-state index contributed by atoms with van der Waals surface area (Å²) in [5.41, 5.74) is 1.79. The van der Waals surface area contributed by atoms with E-state index >= 15 is 0 Å². The third-order valence-electron chi connectivity index (χ3n) is 3.44. The lowest BCUT2D eigenvalue weighted by Gasteiger charge is -2.10. The van der Waals surface area contributed by atoms with E-state index in [0.29, 0.717) is 18.5 Å². The molecule has 1 aliphatic rings. The van der Waals surface area contributed by atoms with Crippen LogP contribution in [0.1, 0.15) is 30.0 Å². The number of hydrogen-bond acceptors (Lipinski definition) is 2. The normalized spacial score (nSPS) is 14.8. The molecule has 0 spiro atoms. The third-order valence-corrected chi connectivity index (χ3v) is 3.44. The van der Waals surface area contributed by atoms with Gasteiger partial charge in [0.2, 0.25) is 0 Å². The predicted molar refractivity (Wildman–Crippen MR) is 68.2 cm³/mol. The summed E-state index contributed by atoms with van der Waals surface area (Å²) < 4.78 is 41.7. The van der Waals surface area contributed by atoms with E-state index in [2.05, 4.69) is 10.4 Å². The number of aromatic nitrogens is 2. The van der Waals surface area contributed by atoms with Crippen LogP contribution in [-0.4, -0.2) is 16.8 Å². The molecule has 2 aromatic rings. The Balaban J connectivity index is 2.12. The second-order valence-corrected chi connectivity index (χ2v) is 4.99. The molecule has 1 aliphatic carbocycles. The van der Waals surface area contributed by atoms with Gasteiger partial charge in [-0.05, 0) is 19.9 Å². The zero-order valence-electron chi connectivity index (χ0n) is 11.0. The molecule has 1 aromatic carbocycles. The van der Waals surface area contributed by atoms with Gasteiger partial charge in [-0.1, -0.05) is 0 Å². The summed E-state index contributed by atoms with van der Waals surface area (Å²) in [6.07, 6.45) is 3.66. The van der Waals surface area contributed by atoms with Crippen LogP contribution < -0.4 is 5.32 Å². The molecule has 1 heterocycles. The average molecular weight is 281 g/mol. The molecule has 0 aliphatic heterocycles. The largest absolute Gasteiger partial charge is 0.316 e. The van der Waals surface area contributed by atoms with Crippen molar-refractivity contribution < 1.29 is 13.2 Å². The number of benzene rings is 1. The van der Waals surface area contributed by atoms with Crippen LogP contribution in [0, 0.1) is 17.5 Å². The molecule has 1 N–H and O–H groups in total. The molecule has 0 bridgehead atoms. The standard InChI is InChI=1S/C14H14F3N3/c1-18-6-9-7-19-20(14(9)8-2-3-8)13-5-11(16)10(15)4-12(13)17/h4-5,7-8,18H,2-3,6H2,1H3. The zero-order valence-corrected chi connectivity index (χ0v) is 11.0. The lowest BCUT2D eigenvalue weighted by atomic mass is 10.1. The Morgan fingerprint density at radius 3 is 2.55 bits per heavy atom. The highest BCUT2D eigenvalue weighted by Crippen LogP contribution is 2.42. The minimum absolute atomic E-state index is 0.0480. The van der Waals surface area contributed by atoms with Crippen LogP contribution in [-0.2, 0) is 6.54 Å². The zero-order chi connectivity index (χ0) is 14.3. The predicted octanol–water partition coefficient (Wildman–Crippen LogP) is 2.89. The summed E-state index contributed by atoms with van der Waals surface area (Å²) in [4.78, 5) is 0. The van der Waals surface area contributed by atoms with Gasteiger partial charge in [-0.3, -0.25) is 0 Å². The topological polar surface area (TPSA) is 29.9 Å². The molecule has 0 radical (unpaired) electrons. The summed E-state index contributed by atoms with van der Waals surface area (Å²) in [6.45, 7) is 0.608. The Labute approximate surface area is 114 Å². The van der Waals surface area contributed by atoms with Crippen LogP contribution in [0.4, 0.5) is 13.2 Å². The van der Waals surface area contributed by atoms with Crippen molar-refractivity contribution in [3.8, 4) is 5.69 Å². The maximum Gasteiger partial charge on any atom is 0.161 e. The SMILES string of the molecule is CNCc1cnn(-c2cc(F)c(F)cc2F)c1C1CC1. The highest BCUT2D eigenvalue weighted by Gasteiger charge is 2.31. The van der Waals surface area contributed by atoms with Gasteiger partial charge in [-0.2, -0.15) is 5.10 Å². The molecule has 3 nitrogen and oxygen atoms in total. The van der Waals surface area contributed by atoms with Crippen molar-refractivity contribution in [2.75, 3.05) is 7.05 Å². The quantitative estimate of drug-likeness (QED) is 0.873. The van der Waals surface area contributed by atoms with Crippen LogP contribution in [0.3, 0.4) is 0 Å². The summed E-state index contributed by atoms with van der Waals surface area (Å²) >= 11 is 0. The van der Waals surface area contributed by atoms with Gasteiger partial charge in [0.1, 0.15) is 5.69 Å². The molecule has 6 heteroatoms. The third kappa shape index (κ3) is 2.20. The second-order valence-electron chi connectivity index (χ2n) is 4.99. The van der Waals surface area contributed by atoms with E-state index in [-0.39, 0.29) is 5.69 Å². The number of halogens is 3. The minimum Gasteiger partial charge on any atom is -0.316 e. The summed E-state index contributed by atoms with van der Waals surface area (Å²) in [5.74, 6) is -2.77. The molecule has 1 fully saturated rings. The van der Waals surface area contributed by atoms with E-state index in [1.54, 1.807) is 6.20 Å². The van der Waals surface area contributed by atoms with Crippen molar-refractivity contribution in [3.63, 3.8) is 0 Å². The number of nitrogens with one attached hydrogen (secondary N) is 1. The molecule has 3 rings (SSSR count). The van der Waals surface area contributed by atoms with Crippen molar-refractivity contribution >= 4 is 0 Å². The Morgan fingerprint density at radius 2 is 1.90 bits per heavy atom. The number of rotatable bonds is 4. The highest BCUT2D eigenvalue weighted by atomic mass is 19.2. The van der Waals surface area contributed by atoms with Crippen molar-refractivity contribution in [1.29, 1.82) is 0 Å². The van der Waals surface area contributed by atoms with Crippen LogP contribution in [0.15, 0.2) is 18.3 Å². The van der Waals surface area contributed by atoms with E-state index in [1.807, 2.05) is 7.05 Å². The monoisotopic (exact) mass is 281 g/mol. The molecular weight excluding hydrogens is 267 g/mol. The molecule has 106 valence electrons. The fraction of sp³-hybridized carbons (Fsp3) is 0.357. The molecule has 0 atom stereocenters. The van der Waals surface area contributed by atoms with E-state index in [0.717, 1.165) is 30.2 Å².